The molecule has 0 aromatic carbocycles. The summed E-state index contributed by atoms with van der Waals surface area (Å²) in [5.41, 5.74) is 1.77. The van der Waals surface area contributed by atoms with Crippen LogP contribution in [0.15, 0.2) is 35.4 Å². The van der Waals surface area contributed by atoms with Crippen LogP contribution < -0.4 is 10.5 Å². The van der Waals surface area contributed by atoms with Gasteiger partial charge in [0.05, 0.1) is 34.7 Å². The van der Waals surface area contributed by atoms with Crippen LogP contribution in [0, 0.1) is 11.3 Å². The van der Waals surface area contributed by atoms with Crippen LogP contribution in [-0.2, 0) is 19.8 Å². The van der Waals surface area contributed by atoms with Crippen LogP contribution in [0.25, 0.3) is 11.0 Å². The first-order chi connectivity index (χ1) is 17.1. The van der Waals surface area contributed by atoms with Crippen molar-refractivity contribution in [1.29, 1.82) is 5.26 Å². The van der Waals surface area contributed by atoms with Gasteiger partial charge in [-0.2, -0.15) is 23.5 Å². The van der Waals surface area contributed by atoms with Crippen molar-refractivity contribution in [2.24, 2.45) is 7.05 Å². The zero-order valence-corrected chi connectivity index (χ0v) is 20.8. The Labute approximate surface area is 207 Å². The van der Waals surface area contributed by atoms with Gasteiger partial charge in [0.15, 0.2) is 0 Å². The number of nitrogens with zero attached hydrogens (tertiary/aromatic N) is 7. The summed E-state index contributed by atoms with van der Waals surface area (Å²) in [6.07, 6.45) is -0.187. The molecule has 0 unspecified atom stereocenters. The lowest BCUT2D eigenvalue weighted by molar-refractivity contribution is -0.137. The molecule has 4 heterocycles. The fourth-order valence-corrected chi connectivity index (χ4v) is 5.06. The van der Waals surface area contributed by atoms with Crippen molar-refractivity contribution in [1.82, 2.24) is 24.2 Å². The van der Waals surface area contributed by atoms with E-state index in [0.29, 0.717) is 29.8 Å². The van der Waals surface area contributed by atoms with Crippen molar-refractivity contribution in [3.63, 3.8) is 0 Å². The van der Waals surface area contributed by atoms with Crippen molar-refractivity contribution in [2.45, 2.75) is 64.5 Å². The number of aromatic nitrogens is 4. The van der Waals surface area contributed by atoms with Crippen LogP contribution in [-0.4, -0.2) is 49.4 Å². The molecule has 1 aliphatic rings. The first-order valence-corrected chi connectivity index (χ1v) is 12.1. The van der Waals surface area contributed by atoms with E-state index in [4.69, 9.17) is 5.26 Å². The Morgan fingerprint density at radius 3 is 2.50 bits per heavy atom. The topological polar surface area (TPSA) is 83.0 Å². The molecular weight excluding hydrogens is 471 g/mol. The highest BCUT2D eigenvalue weighted by Gasteiger charge is 2.37. The Kier molecular flexibility index (Phi) is 7.09. The van der Waals surface area contributed by atoms with Gasteiger partial charge in [-0.05, 0) is 31.9 Å². The van der Waals surface area contributed by atoms with E-state index in [1.165, 1.54) is 10.6 Å². The lowest BCUT2D eigenvalue weighted by Crippen LogP contribution is -2.59. The predicted octanol–water partition coefficient (Wildman–Crippen LogP) is 4.11. The third kappa shape index (κ3) is 4.69. The SMILES string of the molecule is CC[C@H]1CN([C@H](C)c2ccc(C(F)(F)F)cn2)[C@H](CC)CN1c1cc(=O)n(C)c2cn(CC#N)nc12. The highest BCUT2D eigenvalue weighted by Crippen LogP contribution is 2.35. The number of fused-ring (bicyclic) bond motifs is 1. The molecule has 0 saturated carbocycles. The van der Waals surface area contributed by atoms with Crippen molar-refractivity contribution < 1.29 is 13.2 Å². The molecule has 1 fully saturated rings. The standard InChI is InChI=1S/C25H30F3N7O/c1-5-18-14-35(21-11-23(36)32(4)22-15-33(10-9-29)31-24(21)22)19(6-2)13-34(18)16(3)20-8-7-17(12-30-20)25(26,27)28/h7-8,11-12,15-16,18-19H,5-6,10,13-14H2,1-4H3/t16-,18-,19+/m1/s1. The minimum atomic E-state index is -4.42. The number of halogens is 3. The van der Waals surface area contributed by atoms with Gasteiger partial charge in [-0.15, -0.1) is 0 Å². The molecule has 0 radical (unpaired) electrons. The molecule has 192 valence electrons. The van der Waals surface area contributed by atoms with Crippen LogP contribution >= 0.6 is 0 Å². The minimum Gasteiger partial charge on any atom is -0.364 e. The first kappa shape index (κ1) is 25.7. The molecule has 11 heteroatoms. The Balaban J connectivity index is 1.68. The van der Waals surface area contributed by atoms with E-state index >= 15 is 0 Å². The molecule has 4 rings (SSSR count). The second kappa shape index (κ2) is 9.93. The normalized spacial score (nSPS) is 20.0. The van der Waals surface area contributed by atoms with Crippen LogP contribution in [0.4, 0.5) is 18.9 Å². The van der Waals surface area contributed by atoms with Gasteiger partial charge >= 0.3 is 6.18 Å². The smallest absolute Gasteiger partial charge is 0.364 e. The fourth-order valence-electron chi connectivity index (χ4n) is 5.06. The van der Waals surface area contributed by atoms with Crippen LogP contribution in [0.5, 0.6) is 0 Å². The maximum absolute atomic E-state index is 13.0. The quantitative estimate of drug-likeness (QED) is 0.506. The number of hydrogen-bond donors (Lipinski definition) is 0. The van der Waals surface area contributed by atoms with Crippen LogP contribution in [0.1, 0.15) is 50.9 Å². The van der Waals surface area contributed by atoms with Crippen molar-refractivity contribution >= 4 is 16.7 Å². The maximum Gasteiger partial charge on any atom is 0.417 e. The highest BCUT2D eigenvalue weighted by molar-refractivity contribution is 5.88. The summed E-state index contributed by atoms with van der Waals surface area (Å²) in [4.78, 5) is 21.5. The van der Waals surface area contributed by atoms with E-state index in [0.717, 1.165) is 30.8 Å². The second-order valence-electron chi connectivity index (χ2n) is 9.26. The van der Waals surface area contributed by atoms with Gasteiger partial charge in [-0.1, -0.05) is 13.8 Å². The van der Waals surface area contributed by atoms with E-state index in [1.807, 2.05) is 6.92 Å². The van der Waals surface area contributed by atoms with Gasteiger partial charge in [-0.3, -0.25) is 19.4 Å². The maximum atomic E-state index is 13.0. The van der Waals surface area contributed by atoms with E-state index in [1.54, 1.807) is 24.0 Å². The minimum absolute atomic E-state index is 0.0566. The van der Waals surface area contributed by atoms with Crippen molar-refractivity contribution in [3.8, 4) is 6.07 Å². The molecule has 1 saturated heterocycles. The molecule has 3 atom stereocenters. The lowest BCUT2D eigenvalue weighted by Gasteiger charge is -2.49. The molecule has 0 N–H and O–H groups in total. The molecule has 0 aliphatic carbocycles. The van der Waals surface area contributed by atoms with Crippen molar-refractivity contribution in [2.75, 3.05) is 18.0 Å². The number of pyridine rings is 2. The Morgan fingerprint density at radius 2 is 1.92 bits per heavy atom. The van der Waals surface area contributed by atoms with Gasteiger partial charge in [0.25, 0.3) is 5.56 Å². The summed E-state index contributed by atoms with van der Waals surface area (Å²) >= 11 is 0. The molecule has 8 nitrogen and oxygen atoms in total. The van der Waals surface area contributed by atoms with Crippen LogP contribution in [0.2, 0.25) is 0 Å². The number of rotatable bonds is 6. The second-order valence-corrected chi connectivity index (χ2v) is 9.26. The van der Waals surface area contributed by atoms with E-state index in [-0.39, 0.29) is 30.2 Å². The zero-order chi connectivity index (χ0) is 26.2. The molecule has 0 spiro atoms. The van der Waals surface area contributed by atoms with Gasteiger partial charge < -0.3 is 9.47 Å². The summed E-state index contributed by atoms with van der Waals surface area (Å²) in [7, 11) is 1.69. The number of piperazine rings is 1. The van der Waals surface area contributed by atoms with E-state index in [9.17, 15) is 18.0 Å². The summed E-state index contributed by atoms with van der Waals surface area (Å²) < 4.78 is 42.1. The third-order valence-corrected chi connectivity index (χ3v) is 7.20. The van der Waals surface area contributed by atoms with E-state index in [2.05, 4.69) is 39.8 Å². The van der Waals surface area contributed by atoms with Gasteiger partial charge in [-0.25, -0.2) is 0 Å². The molecule has 3 aromatic rings. The van der Waals surface area contributed by atoms with Gasteiger partial charge in [0.1, 0.15) is 12.1 Å². The van der Waals surface area contributed by atoms with Gasteiger partial charge in [0, 0.05) is 50.5 Å². The summed E-state index contributed by atoms with van der Waals surface area (Å²) in [6.45, 7) is 7.51. The Hall–Kier alpha value is -3.39. The van der Waals surface area contributed by atoms with Crippen molar-refractivity contribution in [3.05, 3.63) is 52.2 Å². The largest absolute Gasteiger partial charge is 0.417 e. The predicted molar refractivity (Wildman–Crippen MR) is 130 cm³/mol. The first-order valence-electron chi connectivity index (χ1n) is 12.1. The fraction of sp³-hybridized carbons (Fsp3) is 0.520. The number of aryl methyl sites for hydroxylation is 1. The highest BCUT2D eigenvalue weighted by atomic mass is 19.4. The molecule has 36 heavy (non-hydrogen) atoms. The number of anilines is 1. The Bertz CT molecular complexity index is 1320. The number of hydrogen-bond acceptors (Lipinski definition) is 6. The van der Waals surface area contributed by atoms with E-state index < -0.39 is 11.7 Å². The molecular formula is C25H30F3N7O. The summed E-state index contributed by atoms with van der Waals surface area (Å²) in [6, 6.07) is 6.21. The summed E-state index contributed by atoms with van der Waals surface area (Å²) in [5.74, 6) is 0. The van der Waals surface area contributed by atoms with Gasteiger partial charge in [0.2, 0.25) is 0 Å². The van der Waals surface area contributed by atoms with Crippen LogP contribution in [0.3, 0.4) is 0 Å². The molecule has 0 amide bonds. The summed E-state index contributed by atoms with van der Waals surface area (Å²) in [5, 5.41) is 13.7. The zero-order valence-electron chi connectivity index (χ0n) is 20.8. The molecule has 0 bridgehead atoms. The third-order valence-electron chi connectivity index (χ3n) is 7.20. The number of nitriles is 1. The average molecular weight is 502 g/mol. The molecule has 1 aliphatic heterocycles. The molecule has 3 aromatic heterocycles. The monoisotopic (exact) mass is 501 g/mol. The Morgan fingerprint density at radius 1 is 1.19 bits per heavy atom. The lowest BCUT2D eigenvalue weighted by atomic mass is 9.98. The number of alkyl halides is 3. The average Bonchev–Trinajstić information content (AvgIpc) is 3.29.